The third-order valence-corrected chi connectivity index (χ3v) is 11.2. The number of esters is 1. The van der Waals surface area contributed by atoms with Crippen LogP contribution in [0.5, 0.6) is 0 Å². The van der Waals surface area contributed by atoms with Gasteiger partial charge in [0, 0.05) is 13.0 Å². The summed E-state index contributed by atoms with van der Waals surface area (Å²) in [6.07, 6.45) is 44.0. The van der Waals surface area contributed by atoms with Crippen LogP contribution in [0.3, 0.4) is 0 Å². The van der Waals surface area contributed by atoms with Crippen LogP contribution in [0.2, 0.25) is 0 Å². The van der Waals surface area contributed by atoms with Gasteiger partial charge in [0.05, 0.1) is 19.8 Å². The number of hydrogen-bond donors (Lipinski definition) is 3. The maximum absolute atomic E-state index is 12.6. The van der Waals surface area contributed by atoms with Crippen molar-refractivity contribution in [2.24, 2.45) is 5.73 Å². The molecule has 0 radical (unpaired) electrons. The zero-order valence-electron chi connectivity index (χ0n) is 36.2. The number of carboxylic acids is 1. The highest BCUT2D eigenvalue weighted by molar-refractivity contribution is 7.47. The Balaban J connectivity index is 4.14. The number of hydrogen-bond acceptors (Lipinski definition) is 8. The molecule has 0 rings (SSSR count). The Labute approximate surface area is 343 Å². The second-order valence-corrected chi connectivity index (χ2v) is 17.3. The van der Waals surface area contributed by atoms with Crippen LogP contribution in [0.4, 0.5) is 0 Å². The molecule has 0 aromatic heterocycles. The minimum absolute atomic E-state index is 0.0219. The van der Waals surface area contributed by atoms with Gasteiger partial charge in [0.1, 0.15) is 12.1 Å². The first-order valence-corrected chi connectivity index (χ1v) is 24.7. The second kappa shape index (κ2) is 41.9. The van der Waals surface area contributed by atoms with Gasteiger partial charge < -0.3 is 25.2 Å². The van der Waals surface area contributed by atoms with Gasteiger partial charge in [-0.25, -0.2) is 4.57 Å². The number of rotatable bonds is 45. The Bertz CT molecular complexity index is 951. The van der Waals surface area contributed by atoms with Crippen molar-refractivity contribution in [1.29, 1.82) is 0 Å². The lowest BCUT2D eigenvalue weighted by Crippen LogP contribution is -2.34. The molecule has 3 atom stereocenters. The maximum atomic E-state index is 12.6. The molecule has 0 aromatic rings. The van der Waals surface area contributed by atoms with Crippen molar-refractivity contribution < 1.29 is 42.7 Å². The molecule has 0 spiro atoms. The fourth-order valence-corrected chi connectivity index (χ4v) is 7.44. The summed E-state index contributed by atoms with van der Waals surface area (Å²) in [5.74, 6) is -1.77. The molecule has 0 aliphatic heterocycles. The van der Waals surface area contributed by atoms with E-state index in [-0.39, 0.29) is 13.0 Å². The van der Waals surface area contributed by atoms with Crippen molar-refractivity contribution in [3.05, 3.63) is 12.2 Å². The van der Waals surface area contributed by atoms with Crippen molar-refractivity contribution in [2.75, 3.05) is 26.4 Å². The molecule has 0 saturated heterocycles. The van der Waals surface area contributed by atoms with Crippen LogP contribution in [0, 0.1) is 0 Å². The number of carbonyl (C=O) groups is 2. The number of carboxylic acid groups (broad SMARTS) is 1. The van der Waals surface area contributed by atoms with E-state index in [0.717, 1.165) is 38.5 Å². The van der Waals surface area contributed by atoms with Crippen molar-refractivity contribution >= 4 is 19.8 Å². The van der Waals surface area contributed by atoms with E-state index in [9.17, 15) is 19.0 Å². The zero-order chi connectivity index (χ0) is 41.2. The number of phosphoric acid groups is 1. The molecule has 4 N–H and O–H groups in total. The van der Waals surface area contributed by atoms with Crippen molar-refractivity contribution in [3.8, 4) is 0 Å². The van der Waals surface area contributed by atoms with Gasteiger partial charge in [-0.2, -0.15) is 0 Å². The van der Waals surface area contributed by atoms with E-state index in [1.54, 1.807) is 0 Å². The van der Waals surface area contributed by atoms with E-state index >= 15 is 0 Å². The normalized spacial score (nSPS) is 13.9. The summed E-state index contributed by atoms with van der Waals surface area (Å²) in [7, 11) is -4.61. The van der Waals surface area contributed by atoms with Crippen LogP contribution in [0.15, 0.2) is 12.2 Å². The van der Waals surface area contributed by atoms with Crippen LogP contribution >= 0.6 is 7.82 Å². The van der Waals surface area contributed by atoms with E-state index in [1.807, 2.05) is 0 Å². The van der Waals surface area contributed by atoms with Crippen LogP contribution in [0.25, 0.3) is 0 Å². The molecule has 0 aliphatic carbocycles. The lowest BCUT2D eigenvalue weighted by molar-refractivity contribution is -0.154. The SMILES string of the molecule is CCCCCCCC/C=C\CCCCCCCCCCCCOCC(COP(=O)(O)OCC(N)C(=O)O)OC(=O)CCCCCCCCCCCCCCCC. The van der Waals surface area contributed by atoms with E-state index in [2.05, 4.69) is 26.0 Å². The van der Waals surface area contributed by atoms with Gasteiger partial charge in [0.15, 0.2) is 0 Å². The van der Waals surface area contributed by atoms with Crippen molar-refractivity contribution in [1.82, 2.24) is 0 Å². The second-order valence-electron chi connectivity index (χ2n) is 15.9. The highest BCUT2D eigenvalue weighted by Gasteiger charge is 2.27. The number of unbranched alkanes of at least 4 members (excludes halogenated alkanes) is 29. The average Bonchev–Trinajstić information content (AvgIpc) is 3.18. The van der Waals surface area contributed by atoms with Gasteiger partial charge >= 0.3 is 19.8 Å². The van der Waals surface area contributed by atoms with Crippen LogP contribution in [-0.2, 0) is 32.7 Å². The molecule has 332 valence electrons. The number of phosphoric ester groups is 1. The molecule has 0 bridgehead atoms. The summed E-state index contributed by atoms with van der Waals surface area (Å²) in [5, 5.41) is 8.90. The number of aliphatic carboxylic acids is 1. The van der Waals surface area contributed by atoms with Gasteiger partial charge in [0.2, 0.25) is 0 Å². The minimum Gasteiger partial charge on any atom is -0.480 e. The van der Waals surface area contributed by atoms with E-state index in [1.165, 1.54) is 167 Å². The third-order valence-electron chi connectivity index (χ3n) is 10.3. The Hall–Kier alpha value is -1.29. The molecule has 10 nitrogen and oxygen atoms in total. The number of ether oxygens (including phenoxy) is 2. The first-order valence-electron chi connectivity index (χ1n) is 23.2. The van der Waals surface area contributed by atoms with Gasteiger partial charge in [-0.1, -0.05) is 193 Å². The van der Waals surface area contributed by atoms with Gasteiger partial charge in [0.25, 0.3) is 0 Å². The lowest BCUT2D eigenvalue weighted by Gasteiger charge is -2.20. The molecule has 3 unspecified atom stereocenters. The molecule has 0 saturated carbocycles. The van der Waals surface area contributed by atoms with Gasteiger partial charge in [-0.3, -0.25) is 18.6 Å². The first-order chi connectivity index (χ1) is 27.2. The fourth-order valence-electron chi connectivity index (χ4n) is 6.66. The number of allylic oxidation sites excluding steroid dienone is 2. The Morgan fingerprint density at radius 3 is 1.36 bits per heavy atom. The Kier molecular flexibility index (Phi) is 40.9. The monoisotopic (exact) mass is 818 g/mol. The smallest absolute Gasteiger partial charge is 0.472 e. The third kappa shape index (κ3) is 40.9. The molecule has 0 fully saturated rings. The average molecular weight is 818 g/mol. The molecule has 56 heavy (non-hydrogen) atoms. The Morgan fingerprint density at radius 1 is 0.554 bits per heavy atom. The summed E-state index contributed by atoms with van der Waals surface area (Å²) in [5.41, 5.74) is 5.36. The summed E-state index contributed by atoms with van der Waals surface area (Å²) in [6, 6.07) is -1.47. The van der Waals surface area contributed by atoms with Gasteiger partial charge in [-0.05, 0) is 38.5 Å². The van der Waals surface area contributed by atoms with Crippen LogP contribution in [-0.4, -0.2) is 60.5 Å². The molecule has 0 aliphatic rings. The highest BCUT2D eigenvalue weighted by Crippen LogP contribution is 2.43. The maximum Gasteiger partial charge on any atom is 0.472 e. The summed E-state index contributed by atoms with van der Waals surface area (Å²) in [6.45, 7) is 3.91. The Morgan fingerprint density at radius 2 is 0.929 bits per heavy atom. The highest BCUT2D eigenvalue weighted by atomic mass is 31.2. The molecular weight excluding hydrogens is 729 g/mol. The predicted octanol–water partition coefficient (Wildman–Crippen LogP) is 12.9. The molecule has 11 heteroatoms. The molecule has 0 heterocycles. The van der Waals surface area contributed by atoms with Gasteiger partial charge in [-0.15, -0.1) is 0 Å². The number of carbonyl (C=O) groups excluding carboxylic acids is 1. The van der Waals surface area contributed by atoms with Crippen molar-refractivity contribution in [3.63, 3.8) is 0 Å². The van der Waals surface area contributed by atoms with E-state index < -0.39 is 45.1 Å². The summed E-state index contributed by atoms with van der Waals surface area (Å²) in [4.78, 5) is 33.5. The van der Waals surface area contributed by atoms with Crippen molar-refractivity contribution in [2.45, 2.75) is 238 Å². The first kappa shape index (κ1) is 54.7. The lowest BCUT2D eigenvalue weighted by atomic mass is 10.0. The predicted molar refractivity (Wildman–Crippen MR) is 231 cm³/mol. The minimum atomic E-state index is -4.61. The standard InChI is InChI=1S/C45H88NO9P/c1-3-5-7-9-11-13-15-17-19-20-21-22-23-24-26-28-30-32-34-36-38-52-39-42(40-53-56(50,51)54-41-43(46)45(48)49)55-44(47)37-35-33-31-29-27-25-18-16-14-12-10-8-6-4-2/h17,19,42-43H,3-16,18,20-41,46H2,1-2H3,(H,48,49)(H,50,51)/b19-17-. The van der Waals surface area contributed by atoms with Crippen LogP contribution < -0.4 is 5.73 Å². The fraction of sp³-hybridized carbons (Fsp3) is 0.911. The molecule has 0 amide bonds. The van der Waals surface area contributed by atoms with E-state index in [0.29, 0.717) is 6.61 Å². The number of nitrogens with two attached hydrogens (primary N) is 1. The molecule has 0 aromatic carbocycles. The topological polar surface area (TPSA) is 155 Å². The van der Waals surface area contributed by atoms with E-state index in [4.69, 9.17) is 29.4 Å². The zero-order valence-corrected chi connectivity index (χ0v) is 37.1. The molecular formula is C45H88NO9P. The van der Waals surface area contributed by atoms with Crippen LogP contribution in [0.1, 0.15) is 226 Å². The summed E-state index contributed by atoms with van der Waals surface area (Å²) < 4.78 is 33.4. The quantitative estimate of drug-likeness (QED) is 0.0234. The summed E-state index contributed by atoms with van der Waals surface area (Å²) >= 11 is 0. The largest absolute Gasteiger partial charge is 0.480 e.